The number of amides is 3. The van der Waals surface area contributed by atoms with Crippen LogP contribution in [0.3, 0.4) is 0 Å². The quantitative estimate of drug-likeness (QED) is 0.290. The van der Waals surface area contributed by atoms with Gasteiger partial charge < -0.3 is 5.32 Å². The van der Waals surface area contributed by atoms with Crippen molar-refractivity contribution in [2.24, 2.45) is 0 Å². The van der Waals surface area contributed by atoms with Crippen molar-refractivity contribution in [1.82, 2.24) is 20.4 Å². The summed E-state index contributed by atoms with van der Waals surface area (Å²) >= 11 is 7.50. The van der Waals surface area contributed by atoms with E-state index in [9.17, 15) is 23.2 Å². The van der Waals surface area contributed by atoms with Crippen LogP contribution in [0, 0.1) is 11.6 Å². The first-order valence-electron chi connectivity index (χ1n) is 11.8. The van der Waals surface area contributed by atoms with E-state index in [-0.39, 0.29) is 24.1 Å². The minimum absolute atomic E-state index is 0.0583. The number of carbonyl (C=O) groups is 3. The summed E-state index contributed by atoms with van der Waals surface area (Å²) in [6, 6.07) is 10.8. The largest absolute Gasteiger partial charge is 0.346 e. The van der Waals surface area contributed by atoms with Gasteiger partial charge in [0, 0.05) is 22.5 Å². The van der Waals surface area contributed by atoms with E-state index in [1.165, 1.54) is 17.4 Å². The third-order valence-corrected chi connectivity index (χ3v) is 7.89. The Morgan fingerprint density at radius 3 is 2.37 bits per heavy atom. The normalized spacial score (nSPS) is 13.6. The van der Waals surface area contributed by atoms with Gasteiger partial charge in [0.1, 0.15) is 5.15 Å². The van der Waals surface area contributed by atoms with Crippen LogP contribution >= 0.6 is 22.9 Å². The molecule has 11 heteroatoms. The van der Waals surface area contributed by atoms with Crippen LogP contribution in [-0.4, -0.2) is 45.4 Å². The number of aryl methyl sites for hydroxylation is 1. The summed E-state index contributed by atoms with van der Waals surface area (Å²) in [5.41, 5.74) is 2.41. The van der Waals surface area contributed by atoms with E-state index >= 15 is 0 Å². The first kappa shape index (κ1) is 25.7. The van der Waals surface area contributed by atoms with Crippen LogP contribution in [0.2, 0.25) is 5.15 Å². The summed E-state index contributed by atoms with van der Waals surface area (Å²) in [7, 11) is 0. The van der Waals surface area contributed by atoms with Crippen molar-refractivity contribution < 1.29 is 23.2 Å². The first-order chi connectivity index (χ1) is 18.3. The van der Waals surface area contributed by atoms with Crippen molar-refractivity contribution in [3.63, 3.8) is 0 Å². The number of carbonyl (C=O) groups excluding carboxylic acids is 3. The van der Waals surface area contributed by atoms with Gasteiger partial charge in [0.2, 0.25) is 0 Å². The highest BCUT2D eigenvalue weighted by Gasteiger charge is 2.37. The Morgan fingerprint density at radius 2 is 1.76 bits per heavy atom. The van der Waals surface area contributed by atoms with E-state index in [1.54, 1.807) is 36.5 Å². The second-order valence-corrected chi connectivity index (χ2v) is 10.3. The molecule has 2 aromatic carbocycles. The Kier molecular flexibility index (Phi) is 7.09. The Bertz CT molecular complexity index is 1530. The van der Waals surface area contributed by atoms with Crippen LogP contribution in [0.4, 0.5) is 8.78 Å². The van der Waals surface area contributed by atoms with E-state index < -0.39 is 35.4 Å². The van der Waals surface area contributed by atoms with Crippen molar-refractivity contribution in [3.8, 4) is 11.1 Å². The summed E-state index contributed by atoms with van der Waals surface area (Å²) < 4.78 is 27.4. The summed E-state index contributed by atoms with van der Waals surface area (Å²) in [5.74, 6) is -3.40. The van der Waals surface area contributed by atoms with E-state index in [1.807, 2.05) is 6.92 Å². The fourth-order valence-corrected chi connectivity index (χ4v) is 5.70. The predicted molar refractivity (Wildman–Crippen MR) is 139 cm³/mol. The molecule has 0 saturated carbocycles. The third kappa shape index (κ3) is 4.84. The van der Waals surface area contributed by atoms with E-state index in [2.05, 4.69) is 15.5 Å². The molecule has 1 atom stereocenters. The maximum absolute atomic E-state index is 13.9. The molecule has 0 saturated heterocycles. The molecule has 194 valence electrons. The van der Waals surface area contributed by atoms with Gasteiger partial charge in [0.25, 0.3) is 17.7 Å². The monoisotopic (exact) mass is 554 g/mol. The minimum Gasteiger partial charge on any atom is -0.346 e. The van der Waals surface area contributed by atoms with Crippen molar-refractivity contribution >= 4 is 40.7 Å². The molecule has 4 aromatic rings. The number of aromatic nitrogens is 2. The number of nitrogens with zero attached hydrogens (tertiary/aromatic N) is 2. The molecule has 2 aromatic heterocycles. The van der Waals surface area contributed by atoms with E-state index in [0.717, 1.165) is 27.5 Å². The molecule has 3 heterocycles. The number of thiophene rings is 1. The Morgan fingerprint density at radius 1 is 1.05 bits per heavy atom. The van der Waals surface area contributed by atoms with Gasteiger partial charge in [-0.2, -0.15) is 5.10 Å². The number of hydrogen-bond donors (Lipinski definition) is 2. The van der Waals surface area contributed by atoms with Crippen molar-refractivity contribution in [2.75, 3.05) is 6.54 Å². The lowest BCUT2D eigenvalue weighted by Gasteiger charge is -2.24. The molecule has 0 aliphatic carbocycles. The van der Waals surface area contributed by atoms with Crippen LogP contribution < -0.4 is 5.32 Å². The summed E-state index contributed by atoms with van der Waals surface area (Å²) in [5, 5.41) is 9.86. The number of H-pyrrole nitrogens is 1. The number of rotatable bonds is 8. The minimum atomic E-state index is -1.03. The number of benzene rings is 2. The number of fused-ring (bicyclic) bond motifs is 1. The van der Waals surface area contributed by atoms with Gasteiger partial charge in [-0.05, 0) is 48.7 Å². The van der Waals surface area contributed by atoms with Crippen LogP contribution in [0.25, 0.3) is 11.1 Å². The summed E-state index contributed by atoms with van der Waals surface area (Å²) in [6.45, 7) is 1.81. The van der Waals surface area contributed by atoms with E-state index in [4.69, 9.17) is 11.6 Å². The second-order valence-electron chi connectivity index (χ2n) is 8.79. The van der Waals surface area contributed by atoms with Crippen molar-refractivity contribution in [2.45, 2.75) is 25.8 Å². The average Bonchev–Trinajstić information content (AvgIpc) is 3.59. The smallest absolute Gasteiger partial charge is 0.261 e. The van der Waals surface area contributed by atoms with Gasteiger partial charge in [-0.15, -0.1) is 11.3 Å². The Balaban J connectivity index is 1.43. The Labute approximate surface area is 225 Å². The molecule has 0 radical (unpaired) electrons. The molecule has 1 aliphatic rings. The van der Waals surface area contributed by atoms with Crippen LogP contribution in [0.5, 0.6) is 0 Å². The fraction of sp³-hybridized carbons (Fsp3) is 0.185. The SMILES string of the molecule is CCc1sc(C(=O)NC(Cc2ccc(F)c(F)c2)CN2C(=O)c3ccccc3C2=O)cc1-c1cn[nH]c1Cl. The molecular weight excluding hydrogens is 534 g/mol. The number of halogens is 3. The predicted octanol–water partition coefficient (Wildman–Crippen LogP) is 5.27. The van der Waals surface area contributed by atoms with Gasteiger partial charge in [-0.25, -0.2) is 8.78 Å². The lowest BCUT2D eigenvalue weighted by molar-refractivity contribution is 0.0629. The molecule has 1 unspecified atom stereocenters. The third-order valence-electron chi connectivity index (χ3n) is 6.32. The molecule has 0 fully saturated rings. The highest BCUT2D eigenvalue weighted by atomic mass is 35.5. The highest BCUT2D eigenvalue weighted by molar-refractivity contribution is 7.14. The zero-order valence-electron chi connectivity index (χ0n) is 20.1. The molecule has 38 heavy (non-hydrogen) atoms. The number of hydrogen-bond acceptors (Lipinski definition) is 5. The molecule has 2 N–H and O–H groups in total. The number of aromatic amines is 1. The van der Waals surface area contributed by atoms with Crippen LogP contribution in [0.15, 0.2) is 54.7 Å². The number of imide groups is 1. The molecule has 5 rings (SSSR count). The maximum Gasteiger partial charge on any atom is 0.261 e. The average molecular weight is 555 g/mol. The van der Waals surface area contributed by atoms with Crippen LogP contribution in [-0.2, 0) is 12.8 Å². The van der Waals surface area contributed by atoms with E-state index in [0.29, 0.717) is 27.6 Å². The first-order valence-corrected chi connectivity index (χ1v) is 13.0. The zero-order valence-corrected chi connectivity index (χ0v) is 21.6. The zero-order chi connectivity index (χ0) is 27.0. The number of nitrogens with one attached hydrogen (secondary N) is 2. The van der Waals surface area contributed by atoms with Gasteiger partial charge in [0.15, 0.2) is 11.6 Å². The molecule has 3 amide bonds. The summed E-state index contributed by atoms with van der Waals surface area (Å²) in [6.07, 6.45) is 2.30. The van der Waals surface area contributed by atoms with Gasteiger partial charge in [-0.1, -0.05) is 36.7 Å². The topological polar surface area (TPSA) is 95.2 Å². The lowest BCUT2D eigenvalue weighted by atomic mass is 10.0. The molecule has 1 aliphatic heterocycles. The lowest BCUT2D eigenvalue weighted by Crippen LogP contribution is -2.46. The highest BCUT2D eigenvalue weighted by Crippen LogP contribution is 2.35. The second kappa shape index (κ2) is 10.5. The van der Waals surface area contributed by atoms with Crippen LogP contribution in [0.1, 0.15) is 47.8 Å². The summed E-state index contributed by atoms with van der Waals surface area (Å²) in [4.78, 5) is 41.7. The van der Waals surface area contributed by atoms with Gasteiger partial charge in [0.05, 0.1) is 28.2 Å². The van der Waals surface area contributed by atoms with Crippen molar-refractivity contribution in [3.05, 3.63) is 98.0 Å². The van der Waals surface area contributed by atoms with Crippen molar-refractivity contribution in [1.29, 1.82) is 0 Å². The Hall–Kier alpha value is -3.89. The molecular formula is C27H21ClF2N4O3S. The molecule has 0 bridgehead atoms. The standard InChI is InChI=1S/C27H21ClF2N4O3S/c1-2-22-18(19-12-31-33-24(19)28)11-23(38-22)25(35)32-15(9-14-7-8-20(29)21(30)10-14)13-34-26(36)16-5-3-4-6-17(16)27(34)37/h3-8,10-12,15H,2,9,13H2,1H3,(H,31,33)(H,32,35). The van der Waals surface area contributed by atoms with Gasteiger partial charge >= 0.3 is 0 Å². The fourth-order valence-electron chi connectivity index (χ4n) is 4.48. The molecule has 0 spiro atoms. The molecule has 7 nitrogen and oxygen atoms in total. The van der Waals surface area contributed by atoms with Gasteiger partial charge in [-0.3, -0.25) is 24.4 Å². The maximum atomic E-state index is 13.9.